The highest BCUT2D eigenvalue weighted by Gasteiger charge is 2.29. The molecule has 5 nitrogen and oxygen atoms in total. The zero-order chi connectivity index (χ0) is 15.2. The van der Waals surface area contributed by atoms with Crippen LogP contribution >= 0.6 is 0 Å². The first kappa shape index (κ1) is 16.9. The number of anilines is 1. The van der Waals surface area contributed by atoms with Crippen LogP contribution in [0.25, 0.3) is 0 Å². The Bertz CT molecular complexity index is 517. The minimum atomic E-state index is -3.53. The van der Waals surface area contributed by atoms with E-state index in [4.69, 9.17) is 4.74 Å². The molecule has 1 rings (SSSR count). The van der Waals surface area contributed by atoms with Crippen molar-refractivity contribution in [2.75, 3.05) is 32.1 Å². The number of rotatable bonds is 8. The molecule has 0 saturated heterocycles. The van der Waals surface area contributed by atoms with Crippen LogP contribution in [0.2, 0.25) is 0 Å². The zero-order valence-electron chi connectivity index (χ0n) is 12.6. The van der Waals surface area contributed by atoms with Gasteiger partial charge in [0.1, 0.15) is 4.90 Å². The Labute approximate surface area is 122 Å². The molecule has 1 N–H and O–H groups in total. The molecule has 0 bridgehead atoms. The first-order chi connectivity index (χ1) is 9.48. The lowest BCUT2D eigenvalue weighted by Gasteiger charge is -2.27. The second-order valence-electron chi connectivity index (χ2n) is 4.54. The number of sulfonamides is 1. The molecule has 0 aromatic heterocycles. The smallest absolute Gasteiger partial charge is 0.245 e. The lowest BCUT2D eigenvalue weighted by Crippen LogP contribution is -2.41. The maximum Gasteiger partial charge on any atom is 0.245 e. The first-order valence-corrected chi connectivity index (χ1v) is 8.26. The predicted molar refractivity (Wildman–Crippen MR) is 81.5 cm³/mol. The molecule has 0 aliphatic heterocycles. The number of methoxy groups -OCH3 is 1. The molecule has 0 aliphatic rings. The van der Waals surface area contributed by atoms with Gasteiger partial charge in [0.25, 0.3) is 0 Å². The number of nitrogens with zero attached hydrogens (tertiary/aromatic N) is 1. The number of ether oxygens (including phenoxy) is 1. The molecular weight excluding hydrogens is 276 g/mol. The number of likely N-dealkylation sites (N-methyl/N-ethyl adjacent to an activating group) is 1. The van der Waals surface area contributed by atoms with E-state index < -0.39 is 10.0 Å². The normalized spacial score (nSPS) is 13.4. The fraction of sp³-hybridized carbons (Fsp3) is 0.571. The van der Waals surface area contributed by atoms with Gasteiger partial charge < -0.3 is 10.1 Å². The fourth-order valence-corrected chi connectivity index (χ4v) is 3.99. The summed E-state index contributed by atoms with van der Waals surface area (Å²) in [6.07, 6.45) is 0. The van der Waals surface area contributed by atoms with Crippen LogP contribution in [-0.2, 0) is 14.8 Å². The Hall–Kier alpha value is -1.11. The minimum Gasteiger partial charge on any atom is -0.384 e. The van der Waals surface area contributed by atoms with E-state index in [1.807, 2.05) is 26.8 Å². The summed E-state index contributed by atoms with van der Waals surface area (Å²) in [4.78, 5) is 0.312. The Morgan fingerprint density at radius 1 is 1.30 bits per heavy atom. The van der Waals surface area contributed by atoms with Gasteiger partial charge in [-0.3, -0.25) is 0 Å². The molecule has 0 radical (unpaired) electrons. The number of benzene rings is 1. The largest absolute Gasteiger partial charge is 0.384 e. The Balaban J connectivity index is 3.20. The minimum absolute atomic E-state index is 0.204. The predicted octanol–water partition coefficient (Wildman–Crippen LogP) is 2.16. The molecule has 0 fully saturated rings. The van der Waals surface area contributed by atoms with E-state index in [9.17, 15) is 8.42 Å². The first-order valence-electron chi connectivity index (χ1n) is 6.82. The highest BCUT2D eigenvalue weighted by molar-refractivity contribution is 7.89. The Morgan fingerprint density at radius 2 is 1.95 bits per heavy atom. The molecule has 1 atom stereocenters. The van der Waals surface area contributed by atoms with Crippen LogP contribution in [0.5, 0.6) is 0 Å². The van der Waals surface area contributed by atoms with E-state index >= 15 is 0 Å². The summed E-state index contributed by atoms with van der Waals surface area (Å²) >= 11 is 0. The second-order valence-corrected chi connectivity index (χ2v) is 6.40. The third-order valence-corrected chi connectivity index (χ3v) is 5.20. The van der Waals surface area contributed by atoms with Gasteiger partial charge in [-0.25, -0.2) is 8.42 Å². The van der Waals surface area contributed by atoms with Crippen molar-refractivity contribution in [2.45, 2.75) is 31.7 Å². The van der Waals surface area contributed by atoms with Gasteiger partial charge in [-0.1, -0.05) is 19.1 Å². The summed E-state index contributed by atoms with van der Waals surface area (Å²) in [5.41, 5.74) is 0.637. The zero-order valence-corrected chi connectivity index (χ0v) is 13.4. The quantitative estimate of drug-likeness (QED) is 0.799. The highest BCUT2D eigenvalue weighted by atomic mass is 32.2. The van der Waals surface area contributed by atoms with Gasteiger partial charge in [-0.05, 0) is 26.0 Å². The van der Waals surface area contributed by atoms with Crippen molar-refractivity contribution in [3.63, 3.8) is 0 Å². The molecule has 6 heteroatoms. The van der Waals surface area contributed by atoms with E-state index in [0.29, 0.717) is 30.3 Å². The van der Waals surface area contributed by atoms with Gasteiger partial charge in [-0.15, -0.1) is 0 Å². The van der Waals surface area contributed by atoms with Crippen LogP contribution < -0.4 is 5.32 Å². The SMILES string of the molecule is CCNc1ccccc1S(=O)(=O)N(CC)C(C)COC. The molecule has 0 saturated carbocycles. The number of para-hydroxylation sites is 1. The summed E-state index contributed by atoms with van der Waals surface area (Å²) in [6, 6.07) is 6.78. The van der Waals surface area contributed by atoms with E-state index in [0.717, 1.165) is 0 Å². The van der Waals surface area contributed by atoms with E-state index in [1.54, 1.807) is 25.3 Å². The topological polar surface area (TPSA) is 58.6 Å². The Kier molecular flexibility index (Phi) is 6.45. The van der Waals surface area contributed by atoms with E-state index in [1.165, 1.54) is 4.31 Å². The molecule has 1 aromatic rings. The van der Waals surface area contributed by atoms with Crippen LogP contribution in [0.3, 0.4) is 0 Å². The van der Waals surface area contributed by atoms with Crippen LogP contribution in [0, 0.1) is 0 Å². The van der Waals surface area contributed by atoms with E-state index in [-0.39, 0.29) is 6.04 Å². The molecule has 20 heavy (non-hydrogen) atoms. The summed E-state index contributed by atoms with van der Waals surface area (Å²) in [5.74, 6) is 0. The molecule has 1 unspecified atom stereocenters. The van der Waals surface area contributed by atoms with Crippen LogP contribution in [0.15, 0.2) is 29.2 Å². The maximum atomic E-state index is 12.8. The molecular formula is C14H24N2O3S. The molecule has 1 aromatic carbocycles. The van der Waals surface area contributed by atoms with Gasteiger partial charge in [0.2, 0.25) is 10.0 Å². The van der Waals surface area contributed by atoms with Crippen molar-refractivity contribution in [3.8, 4) is 0 Å². The standard InChI is InChI=1S/C14H24N2O3S/c1-5-15-13-9-7-8-10-14(13)20(17,18)16(6-2)12(3)11-19-4/h7-10,12,15H,5-6,11H2,1-4H3. The van der Waals surface area contributed by atoms with Crippen molar-refractivity contribution in [1.82, 2.24) is 4.31 Å². The van der Waals surface area contributed by atoms with Gasteiger partial charge >= 0.3 is 0 Å². The summed E-state index contributed by atoms with van der Waals surface area (Å²) < 4.78 is 32.1. The fourth-order valence-electron chi connectivity index (χ4n) is 2.20. The van der Waals surface area contributed by atoms with Gasteiger partial charge in [0, 0.05) is 26.2 Å². The third kappa shape index (κ3) is 3.71. The lowest BCUT2D eigenvalue weighted by molar-refractivity contribution is 0.142. The summed E-state index contributed by atoms with van der Waals surface area (Å²) in [7, 11) is -1.96. The monoisotopic (exact) mass is 300 g/mol. The number of hydrogen-bond donors (Lipinski definition) is 1. The van der Waals surface area contributed by atoms with Crippen molar-refractivity contribution >= 4 is 15.7 Å². The summed E-state index contributed by atoms with van der Waals surface area (Å²) in [6.45, 7) is 7.07. The molecule has 0 heterocycles. The summed E-state index contributed by atoms with van der Waals surface area (Å²) in [5, 5.41) is 3.10. The maximum absolute atomic E-state index is 12.8. The van der Waals surface area contributed by atoms with Gasteiger partial charge in [-0.2, -0.15) is 4.31 Å². The Morgan fingerprint density at radius 3 is 2.50 bits per heavy atom. The van der Waals surface area contributed by atoms with Crippen molar-refractivity contribution in [1.29, 1.82) is 0 Å². The van der Waals surface area contributed by atoms with Crippen LogP contribution in [-0.4, -0.2) is 45.6 Å². The number of nitrogens with one attached hydrogen (secondary N) is 1. The van der Waals surface area contributed by atoms with E-state index in [2.05, 4.69) is 5.32 Å². The molecule has 0 aliphatic carbocycles. The van der Waals surface area contributed by atoms with Gasteiger partial charge in [0.05, 0.1) is 12.3 Å². The molecule has 114 valence electrons. The van der Waals surface area contributed by atoms with Gasteiger partial charge in [0.15, 0.2) is 0 Å². The number of hydrogen-bond acceptors (Lipinski definition) is 4. The molecule has 0 spiro atoms. The van der Waals surface area contributed by atoms with Crippen LogP contribution in [0.4, 0.5) is 5.69 Å². The van der Waals surface area contributed by atoms with Crippen LogP contribution in [0.1, 0.15) is 20.8 Å². The lowest BCUT2D eigenvalue weighted by atomic mass is 10.3. The average molecular weight is 300 g/mol. The van der Waals surface area contributed by atoms with Crippen molar-refractivity contribution in [3.05, 3.63) is 24.3 Å². The third-order valence-electron chi connectivity index (χ3n) is 3.05. The van der Waals surface area contributed by atoms with Crippen molar-refractivity contribution < 1.29 is 13.2 Å². The second kappa shape index (κ2) is 7.61. The van der Waals surface area contributed by atoms with Crippen molar-refractivity contribution in [2.24, 2.45) is 0 Å². The molecule has 0 amide bonds. The average Bonchev–Trinajstić information content (AvgIpc) is 2.40. The highest BCUT2D eigenvalue weighted by Crippen LogP contribution is 2.25.